The van der Waals surface area contributed by atoms with Crippen molar-refractivity contribution in [1.82, 2.24) is 9.80 Å². The molecule has 1 aliphatic heterocycles. The summed E-state index contributed by atoms with van der Waals surface area (Å²) in [6.45, 7) is 1.71. The Bertz CT molecular complexity index is 843. The highest BCUT2D eigenvalue weighted by Crippen LogP contribution is 2.16. The molecule has 0 unspecified atom stereocenters. The van der Waals surface area contributed by atoms with Crippen molar-refractivity contribution in [3.05, 3.63) is 57.8 Å². The van der Waals surface area contributed by atoms with Crippen LogP contribution in [0.1, 0.15) is 27.7 Å². The number of ketones is 1. The number of hydrogen-bond acceptors (Lipinski definition) is 5. The first kappa shape index (κ1) is 18.0. The highest BCUT2D eigenvalue weighted by atomic mass is 32.1. The van der Waals surface area contributed by atoms with Crippen molar-refractivity contribution >= 4 is 35.0 Å². The van der Waals surface area contributed by atoms with Crippen LogP contribution in [0, 0.1) is 0 Å². The van der Waals surface area contributed by atoms with Crippen LogP contribution in [0.3, 0.4) is 0 Å². The summed E-state index contributed by atoms with van der Waals surface area (Å²) in [6, 6.07) is 10.1. The fraction of sp³-hybridized carbons (Fsp3) is 0.263. The molecule has 26 heavy (non-hydrogen) atoms. The van der Waals surface area contributed by atoms with E-state index >= 15 is 0 Å². The molecule has 1 fully saturated rings. The summed E-state index contributed by atoms with van der Waals surface area (Å²) in [7, 11) is 0. The number of thiophene rings is 1. The number of Topliss-reactive ketones (excluding diaryl/α,β-unsaturated/α-hetero) is 1. The lowest BCUT2D eigenvalue weighted by atomic mass is 10.1. The Hall–Kier alpha value is -2.80. The number of hydrogen-bond donors (Lipinski definition) is 0. The standard InChI is InChI=1S/C19H18N2O4S/c1-2-13-5-7-14(8-6-13)16(22)12-21-18(24)17(23)20(19(21)25)10-9-15-4-3-11-26-15/h3-8,11H,2,9-10,12H2,1H3. The number of carbonyl (C=O) groups is 4. The van der Waals surface area contributed by atoms with Crippen LogP contribution in [0.25, 0.3) is 0 Å². The van der Waals surface area contributed by atoms with Crippen LogP contribution in [0.5, 0.6) is 0 Å². The minimum absolute atomic E-state index is 0.125. The molecule has 2 heterocycles. The number of carbonyl (C=O) groups excluding carboxylic acids is 4. The zero-order valence-corrected chi connectivity index (χ0v) is 15.1. The minimum Gasteiger partial charge on any atom is -0.292 e. The van der Waals surface area contributed by atoms with Crippen LogP contribution < -0.4 is 0 Å². The first-order valence-corrected chi connectivity index (χ1v) is 9.21. The molecule has 1 aromatic heterocycles. The molecule has 0 radical (unpaired) electrons. The lowest BCUT2D eigenvalue weighted by Gasteiger charge is -2.14. The monoisotopic (exact) mass is 370 g/mol. The second-order valence-electron chi connectivity index (χ2n) is 5.93. The predicted molar refractivity (Wildman–Crippen MR) is 97.0 cm³/mol. The van der Waals surface area contributed by atoms with E-state index in [9.17, 15) is 19.2 Å². The lowest BCUT2D eigenvalue weighted by molar-refractivity contribution is -0.143. The van der Waals surface area contributed by atoms with Crippen molar-refractivity contribution in [3.8, 4) is 0 Å². The van der Waals surface area contributed by atoms with Gasteiger partial charge in [-0.15, -0.1) is 11.3 Å². The molecule has 1 saturated heterocycles. The Kier molecular flexibility index (Phi) is 5.27. The molecular formula is C19H18N2O4S. The van der Waals surface area contributed by atoms with Gasteiger partial charge in [-0.25, -0.2) is 9.69 Å². The van der Waals surface area contributed by atoms with Crippen molar-refractivity contribution in [2.75, 3.05) is 13.1 Å². The third kappa shape index (κ3) is 3.57. The Morgan fingerprint density at radius 2 is 1.69 bits per heavy atom. The maximum Gasteiger partial charge on any atom is 0.334 e. The Labute approximate surface area is 155 Å². The molecule has 4 amide bonds. The van der Waals surface area contributed by atoms with Crippen LogP contribution in [0.4, 0.5) is 4.79 Å². The number of benzene rings is 1. The van der Waals surface area contributed by atoms with Gasteiger partial charge in [0.25, 0.3) is 0 Å². The summed E-state index contributed by atoms with van der Waals surface area (Å²) in [4.78, 5) is 51.7. The van der Waals surface area contributed by atoms with E-state index in [1.54, 1.807) is 12.1 Å². The van der Waals surface area contributed by atoms with Crippen molar-refractivity contribution < 1.29 is 19.2 Å². The van der Waals surface area contributed by atoms with Gasteiger partial charge in [-0.2, -0.15) is 0 Å². The molecule has 6 nitrogen and oxygen atoms in total. The van der Waals surface area contributed by atoms with Gasteiger partial charge in [0.2, 0.25) is 0 Å². The molecule has 0 bridgehead atoms. The molecule has 0 atom stereocenters. The van der Waals surface area contributed by atoms with E-state index in [4.69, 9.17) is 0 Å². The largest absolute Gasteiger partial charge is 0.334 e. The number of urea groups is 1. The fourth-order valence-corrected chi connectivity index (χ4v) is 3.42. The van der Waals surface area contributed by atoms with Gasteiger partial charge in [0, 0.05) is 23.4 Å². The topological polar surface area (TPSA) is 74.8 Å². The van der Waals surface area contributed by atoms with Crippen LogP contribution in [0.15, 0.2) is 41.8 Å². The van der Waals surface area contributed by atoms with Crippen LogP contribution >= 0.6 is 11.3 Å². The average molecular weight is 370 g/mol. The molecule has 0 spiro atoms. The summed E-state index contributed by atoms with van der Waals surface area (Å²) in [5, 5.41) is 1.91. The number of amides is 4. The average Bonchev–Trinajstić information content (AvgIpc) is 3.24. The van der Waals surface area contributed by atoms with Crippen molar-refractivity contribution in [3.63, 3.8) is 0 Å². The smallest absolute Gasteiger partial charge is 0.292 e. The third-order valence-corrected chi connectivity index (χ3v) is 5.22. The molecule has 3 rings (SSSR count). The molecule has 1 aliphatic rings. The number of aryl methyl sites for hydroxylation is 1. The van der Waals surface area contributed by atoms with Crippen LogP contribution in [0.2, 0.25) is 0 Å². The summed E-state index contributed by atoms with van der Waals surface area (Å²) in [5.41, 5.74) is 1.50. The van der Waals surface area contributed by atoms with Gasteiger partial charge in [0.05, 0.1) is 6.54 Å². The van der Waals surface area contributed by atoms with E-state index in [1.165, 1.54) is 11.3 Å². The normalized spacial score (nSPS) is 14.4. The Balaban J connectivity index is 1.67. The molecule has 134 valence electrons. The molecular weight excluding hydrogens is 352 g/mol. The summed E-state index contributed by atoms with van der Waals surface area (Å²) in [5.74, 6) is -2.19. The zero-order valence-electron chi connectivity index (χ0n) is 14.3. The van der Waals surface area contributed by atoms with Gasteiger partial charge in [0.1, 0.15) is 0 Å². The predicted octanol–water partition coefficient (Wildman–Crippen LogP) is 2.53. The molecule has 7 heteroatoms. The summed E-state index contributed by atoms with van der Waals surface area (Å²) >= 11 is 1.52. The summed E-state index contributed by atoms with van der Waals surface area (Å²) in [6.07, 6.45) is 1.34. The van der Waals surface area contributed by atoms with E-state index in [0.29, 0.717) is 12.0 Å². The van der Waals surface area contributed by atoms with Gasteiger partial charge in [-0.05, 0) is 23.4 Å². The highest BCUT2D eigenvalue weighted by Gasteiger charge is 2.44. The fourth-order valence-electron chi connectivity index (χ4n) is 2.73. The molecule has 0 N–H and O–H groups in total. The van der Waals surface area contributed by atoms with Gasteiger partial charge in [-0.3, -0.25) is 19.3 Å². The quantitative estimate of drug-likeness (QED) is 0.426. The minimum atomic E-state index is -0.945. The van der Waals surface area contributed by atoms with Crippen LogP contribution in [-0.4, -0.2) is 46.5 Å². The zero-order chi connectivity index (χ0) is 18.7. The van der Waals surface area contributed by atoms with E-state index in [2.05, 4.69) is 0 Å². The third-order valence-electron chi connectivity index (χ3n) is 4.28. The SMILES string of the molecule is CCc1ccc(C(=O)CN2C(=O)C(=O)N(CCc3cccs3)C2=O)cc1. The van der Waals surface area contributed by atoms with Crippen molar-refractivity contribution in [1.29, 1.82) is 0 Å². The lowest BCUT2D eigenvalue weighted by Crippen LogP contribution is -2.37. The van der Waals surface area contributed by atoms with Gasteiger partial charge >= 0.3 is 17.8 Å². The van der Waals surface area contributed by atoms with Gasteiger partial charge in [-0.1, -0.05) is 37.3 Å². The Morgan fingerprint density at radius 3 is 2.31 bits per heavy atom. The second-order valence-corrected chi connectivity index (χ2v) is 6.97. The molecule has 2 aromatic rings. The maximum absolute atomic E-state index is 12.4. The molecule has 0 saturated carbocycles. The van der Waals surface area contributed by atoms with Crippen molar-refractivity contribution in [2.45, 2.75) is 19.8 Å². The second kappa shape index (κ2) is 7.61. The first-order chi connectivity index (χ1) is 12.5. The highest BCUT2D eigenvalue weighted by molar-refractivity contribution is 7.09. The Morgan fingerprint density at radius 1 is 1.00 bits per heavy atom. The molecule has 0 aliphatic carbocycles. The van der Waals surface area contributed by atoms with E-state index < -0.39 is 24.4 Å². The first-order valence-electron chi connectivity index (χ1n) is 8.33. The molecule has 1 aromatic carbocycles. The summed E-state index contributed by atoms with van der Waals surface area (Å²) < 4.78 is 0. The number of nitrogens with zero attached hydrogens (tertiary/aromatic N) is 2. The van der Waals surface area contributed by atoms with Gasteiger partial charge in [0.15, 0.2) is 5.78 Å². The van der Waals surface area contributed by atoms with E-state index in [1.807, 2.05) is 36.6 Å². The van der Waals surface area contributed by atoms with Crippen molar-refractivity contribution in [2.24, 2.45) is 0 Å². The maximum atomic E-state index is 12.4. The van der Waals surface area contributed by atoms with Crippen LogP contribution in [-0.2, 0) is 22.4 Å². The van der Waals surface area contributed by atoms with E-state index in [-0.39, 0.29) is 12.3 Å². The number of rotatable bonds is 7. The van der Waals surface area contributed by atoms with E-state index in [0.717, 1.165) is 26.7 Å². The number of imide groups is 2. The van der Waals surface area contributed by atoms with Gasteiger partial charge < -0.3 is 0 Å².